The first-order valence-corrected chi connectivity index (χ1v) is 12.7. The molecule has 0 unspecified atom stereocenters. The zero-order chi connectivity index (χ0) is 27.5. The van der Waals surface area contributed by atoms with Crippen molar-refractivity contribution in [3.63, 3.8) is 0 Å². The first kappa shape index (κ1) is 28.5. The summed E-state index contributed by atoms with van der Waals surface area (Å²) in [5, 5.41) is 24.5. The summed E-state index contributed by atoms with van der Waals surface area (Å²) in [7, 11) is 0. The van der Waals surface area contributed by atoms with Crippen molar-refractivity contribution in [2.75, 3.05) is 19.7 Å². The second kappa shape index (κ2) is 14.0. The zero-order valence-corrected chi connectivity index (χ0v) is 21.2. The molecular weight excluding hydrogens is 488 g/mol. The van der Waals surface area contributed by atoms with Crippen molar-refractivity contribution in [2.45, 2.75) is 50.1 Å². The maximum Gasteiger partial charge on any atom is 0.407 e. The summed E-state index contributed by atoms with van der Waals surface area (Å²) in [6, 6.07) is 13.8. The van der Waals surface area contributed by atoms with Crippen LogP contribution in [0.4, 0.5) is 4.79 Å². The summed E-state index contributed by atoms with van der Waals surface area (Å²) >= 11 is 0. The molecule has 0 aromatic heterocycles. The lowest BCUT2D eigenvalue weighted by atomic mass is 9.98. The molecule has 0 spiro atoms. The zero-order valence-electron chi connectivity index (χ0n) is 21.2. The Labute approximate surface area is 221 Å². The number of hydrogen-bond acceptors (Lipinski definition) is 6. The Balaban J connectivity index is 1.64. The summed E-state index contributed by atoms with van der Waals surface area (Å²) in [4.78, 5) is 37.4. The number of alkyl carbamates (subject to hydrolysis) is 1. The lowest BCUT2D eigenvalue weighted by Crippen LogP contribution is -2.52. The smallest absolute Gasteiger partial charge is 0.407 e. The molecule has 2 aromatic carbocycles. The van der Waals surface area contributed by atoms with Crippen LogP contribution in [0.15, 0.2) is 48.5 Å². The lowest BCUT2D eigenvalue weighted by Gasteiger charge is -2.22. The molecule has 0 saturated carbocycles. The van der Waals surface area contributed by atoms with Gasteiger partial charge < -0.3 is 37.3 Å². The summed E-state index contributed by atoms with van der Waals surface area (Å²) in [5.41, 5.74) is 15.1. The third-order valence-corrected chi connectivity index (χ3v) is 6.50. The molecule has 204 valence electrons. The number of carbonyl (C=O) groups excluding carboxylic acids is 2. The Morgan fingerprint density at radius 2 is 1.53 bits per heavy atom. The predicted molar refractivity (Wildman–Crippen MR) is 144 cm³/mol. The standard InChI is InChI=1S/C27H36N6O5/c28-14-6-5-12-23(25(35)36)32-24(34)22(13-7-15-31-26(29)30)33-27(37)38-16-21-19-10-3-1-8-17(19)18-9-2-4-11-20(18)21/h1-4,8-11,21-23H,5-7,12-16,28H2,(H,32,34)(H,33,37)(H,35,36)(H4,29,30,31)/t22-,23-/m0/s1. The molecule has 2 atom stereocenters. The van der Waals surface area contributed by atoms with Crippen LogP contribution < -0.4 is 27.4 Å². The summed E-state index contributed by atoms with van der Waals surface area (Å²) in [5.74, 6) is -2.13. The molecule has 0 aliphatic heterocycles. The van der Waals surface area contributed by atoms with Gasteiger partial charge >= 0.3 is 12.1 Å². The van der Waals surface area contributed by atoms with Gasteiger partial charge in [-0.05, 0) is 60.9 Å². The highest BCUT2D eigenvalue weighted by molar-refractivity contribution is 5.89. The van der Waals surface area contributed by atoms with E-state index in [1.807, 2.05) is 48.5 Å². The molecule has 11 heteroatoms. The topological polar surface area (TPSA) is 193 Å². The Hall–Kier alpha value is -4.12. The van der Waals surface area contributed by atoms with Crippen LogP contribution in [-0.4, -0.2) is 60.8 Å². The van der Waals surface area contributed by atoms with Gasteiger partial charge in [-0.15, -0.1) is 0 Å². The predicted octanol–water partition coefficient (Wildman–Crippen LogP) is 1.86. The Morgan fingerprint density at radius 1 is 0.921 bits per heavy atom. The van der Waals surface area contributed by atoms with E-state index < -0.39 is 30.1 Å². The van der Waals surface area contributed by atoms with Gasteiger partial charge in [0.2, 0.25) is 5.91 Å². The summed E-state index contributed by atoms with van der Waals surface area (Å²) in [6.07, 6.45) is 1.21. The first-order valence-electron chi connectivity index (χ1n) is 12.7. The third-order valence-electron chi connectivity index (χ3n) is 6.50. The number of fused-ring (bicyclic) bond motifs is 3. The Bertz CT molecular complexity index is 1090. The number of unbranched alkanes of at least 4 members (excludes halogenated alkanes) is 1. The van der Waals surface area contributed by atoms with Crippen LogP contribution in [0.5, 0.6) is 0 Å². The van der Waals surface area contributed by atoms with E-state index in [0.717, 1.165) is 22.3 Å². The molecule has 1 aliphatic rings. The maximum absolute atomic E-state index is 13.0. The number of carboxylic acid groups (broad SMARTS) is 1. The van der Waals surface area contributed by atoms with Crippen molar-refractivity contribution < 1.29 is 24.2 Å². The van der Waals surface area contributed by atoms with Gasteiger partial charge in [-0.25, -0.2) is 9.59 Å². The number of nitrogens with two attached hydrogens (primary N) is 2. The number of benzene rings is 2. The number of carboxylic acids is 1. The van der Waals surface area contributed by atoms with E-state index in [-0.39, 0.29) is 31.3 Å². The van der Waals surface area contributed by atoms with Gasteiger partial charge in [0.25, 0.3) is 0 Å². The van der Waals surface area contributed by atoms with Crippen LogP contribution in [0.25, 0.3) is 11.1 Å². The molecule has 0 saturated heterocycles. The minimum atomic E-state index is -1.16. The van der Waals surface area contributed by atoms with Gasteiger partial charge in [-0.1, -0.05) is 48.5 Å². The monoisotopic (exact) mass is 524 g/mol. The van der Waals surface area contributed by atoms with Crippen LogP contribution >= 0.6 is 0 Å². The highest BCUT2D eigenvalue weighted by atomic mass is 16.5. The largest absolute Gasteiger partial charge is 0.480 e. The van der Waals surface area contributed by atoms with Gasteiger partial charge in [-0.2, -0.15) is 0 Å². The van der Waals surface area contributed by atoms with Gasteiger partial charge in [0.05, 0.1) is 0 Å². The molecule has 3 rings (SSSR count). The van der Waals surface area contributed by atoms with Crippen LogP contribution in [0.2, 0.25) is 0 Å². The van der Waals surface area contributed by atoms with Crippen molar-refractivity contribution >= 4 is 23.9 Å². The fourth-order valence-electron chi connectivity index (χ4n) is 4.60. The van der Waals surface area contributed by atoms with Crippen LogP contribution in [0.1, 0.15) is 49.1 Å². The second-order valence-corrected chi connectivity index (χ2v) is 9.19. The Morgan fingerprint density at radius 3 is 2.11 bits per heavy atom. The normalized spacial score (nSPS) is 13.5. The number of hydrogen-bond donors (Lipinski definition) is 7. The summed E-state index contributed by atoms with van der Waals surface area (Å²) < 4.78 is 5.57. The van der Waals surface area contributed by atoms with E-state index in [0.29, 0.717) is 32.4 Å². The molecule has 0 heterocycles. The van der Waals surface area contributed by atoms with Crippen molar-refractivity contribution in [1.29, 1.82) is 5.41 Å². The average molecular weight is 525 g/mol. The maximum atomic E-state index is 13.0. The minimum Gasteiger partial charge on any atom is -0.480 e. The SMILES string of the molecule is N=C(N)NCCC[C@H](NC(=O)OCC1c2ccccc2-c2ccccc21)C(=O)N[C@@H](CCCCN)C(=O)O. The summed E-state index contributed by atoms with van der Waals surface area (Å²) in [6.45, 7) is 0.816. The molecule has 0 fully saturated rings. The van der Waals surface area contributed by atoms with Gasteiger partial charge in [0.1, 0.15) is 18.7 Å². The molecule has 38 heavy (non-hydrogen) atoms. The number of nitrogens with one attached hydrogen (secondary N) is 4. The molecule has 0 bridgehead atoms. The number of ether oxygens (including phenoxy) is 1. The van der Waals surface area contributed by atoms with Crippen LogP contribution in [0, 0.1) is 5.41 Å². The first-order chi connectivity index (χ1) is 18.3. The van der Waals surface area contributed by atoms with Gasteiger partial charge in [0.15, 0.2) is 5.96 Å². The van der Waals surface area contributed by atoms with E-state index in [2.05, 4.69) is 16.0 Å². The molecule has 2 aromatic rings. The number of rotatable bonds is 14. The molecule has 9 N–H and O–H groups in total. The number of amides is 2. The van der Waals surface area contributed by atoms with Crippen LogP contribution in [0.3, 0.4) is 0 Å². The molecule has 2 amide bonds. The number of aliphatic carboxylic acids is 1. The molecular formula is C27H36N6O5. The lowest BCUT2D eigenvalue weighted by molar-refractivity contribution is -0.142. The minimum absolute atomic E-state index is 0.0803. The fraction of sp³-hybridized carbons (Fsp3) is 0.407. The Kier molecular flexibility index (Phi) is 10.5. The molecule has 11 nitrogen and oxygen atoms in total. The molecule has 0 radical (unpaired) electrons. The average Bonchev–Trinajstić information content (AvgIpc) is 3.22. The van der Waals surface area contributed by atoms with Crippen molar-refractivity contribution in [1.82, 2.24) is 16.0 Å². The van der Waals surface area contributed by atoms with E-state index in [1.54, 1.807) is 0 Å². The third kappa shape index (κ3) is 7.69. The van der Waals surface area contributed by atoms with Crippen LogP contribution in [-0.2, 0) is 14.3 Å². The van der Waals surface area contributed by atoms with E-state index >= 15 is 0 Å². The molecule has 1 aliphatic carbocycles. The van der Waals surface area contributed by atoms with E-state index in [9.17, 15) is 19.5 Å². The number of carbonyl (C=O) groups is 3. The van der Waals surface area contributed by atoms with Crippen molar-refractivity contribution in [3.05, 3.63) is 59.7 Å². The highest BCUT2D eigenvalue weighted by Crippen LogP contribution is 2.44. The van der Waals surface area contributed by atoms with E-state index in [1.165, 1.54) is 0 Å². The van der Waals surface area contributed by atoms with Crippen molar-refractivity contribution in [2.24, 2.45) is 11.5 Å². The quantitative estimate of drug-likeness (QED) is 0.110. The van der Waals surface area contributed by atoms with E-state index in [4.69, 9.17) is 21.6 Å². The highest BCUT2D eigenvalue weighted by Gasteiger charge is 2.30. The van der Waals surface area contributed by atoms with Crippen molar-refractivity contribution in [3.8, 4) is 11.1 Å². The number of guanidine groups is 1. The fourth-order valence-corrected chi connectivity index (χ4v) is 4.60. The van der Waals surface area contributed by atoms with Gasteiger partial charge in [-0.3, -0.25) is 10.2 Å². The van der Waals surface area contributed by atoms with Gasteiger partial charge in [0, 0.05) is 12.5 Å². The second-order valence-electron chi connectivity index (χ2n) is 9.19.